The Balaban J connectivity index is 1.71. The van der Waals surface area contributed by atoms with E-state index in [-0.39, 0.29) is 24.0 Å². The number of morpholine rings is 1. The molecule has 21 heavy (non-hydrogen) atoms. The second kappa shape index (κ2) is 6.46. The van der Waals surface area contributed by atoms with Crippen LogP contribution in [0.25, 0.3) is 0 Å². The maximum atomic E-state index is 12.7. The highest BCUT2D eigenvalue weighted by Crippen LogP contribution is 2.31. The molecule has 1 aromatic rings. The van der Waals surface area contributed by atoms with Crippen molar-refractivity contribution in [1.82, 2.24) is 4.90 Å². The molecule has 1 aromatic carbocycles. The zero-order chi connectivity index (χ0) is 14.8. The first-order valence-corrected chi connectivity index (χ1v) is 8.36. The van der Waals surface area contributed by atoms with Gasteiger partial charge in [0.1, 0.15) is 6.10 Å². The topological polar surface area (TPSA) is 55.6 Å². The molecule has 0 radical (unpaired) electrons. The SMILES string of the molecule is N[C@@H]1CCC[C@@H]1C(=O)N1CCO[C@@H](c2ccccc2Br)C1. The van der Waals surface area contributed by atoms with Crippen molar-refractivity contribution in [3.05, 3.63) is 34.3 Å². The normalized spacial score (nSPS) is 29.6. The first-order chi connectivity index (χ1) is 10.2. The van der Waals surface area contributed by atoms with Gasteiger partial charge in [0.25, 0.3) is 0 Å². The monoisotopic (exact) mass is 352 g/mol. The fourth-order valence-electron chi connectivity index (χ4n) is 3.30. The number of nitrogens with zero attached hydrogens (tertiary/aromatic N) is 1. The van der Waals surface area contributed by atoms with Gasteiger partial charge >= 0.3 is 0 Å². The van der Waals surface area contributed by atoms with E-state index in [1.807, 2.05) is 29.2 Å². The van der Waals surface area contributed by atoms with Crippen LogP contribution < -0.4 is 5.73 Å². The van der Waals surface area contributed by atoms with Crippen LogP contribution in [0.2, 0.25) is 0 Å². The van der Waals surface area contributed by atoms with Crippen LogP contribution in [0, 0.1) is 5.92 Å². The van der Waals surface area contributed by atoms with Gasteiger partial charge in [-0.1, -0.05) is 40.5 Å². The van der Waals surface area contributed by atoms with Crippen molar-refractivity contribution in [3.8, 4) is 0 Å². The van der Waals surface area contributed by atoms with Gasteiger partial charge in [-0.15, -0.1) is 0 Å². The third kappa shape index (κ3) is 3.15. The van der Waals surface area contributed by atoms with E-state index in [1.54, 1.807) is 0 Å². The third-order valence-electron chi connectivity index (χ3n) is 4.52. The number of hydrogen-bond donors (Lipinski definition) is 1. The third-order valence-corrected chi connectivity index (χ3v) is 5.24. The Morgan fingerprint density at radius 3 is 2.86 bits per heavy atom. The molecule has 1 aliphatic carbocycles. The summed E-state index contributed by atoms with van der Waals surface area (Å²) in [6.45, 7) is 1.87. The molecule has 114 valence electrons. The molecular weight excluding hydrogens is 332 g/mol. The van der Waals surface area contributed by atoms with Crippen LogP contribution >= 0.6 is 15.9 Å². The molecule has 1 heterocycles. The summed E-state index contributed by atoms with van der Waals surface area (Å²) in [5, 5.41) is 0. The van der Waals surface area contributed by atoms with Crippen molar-refractivity contribution in [3.63, 3.8) is 0 Å². The molecule has 4 nitrogen and oxygen atoms in total. The summed E-state index contributed by atoms with van der Waals surface area (Å²) in [5.41, 5.74) is 7.17. The van der Waals surface area contributed by atoms with Crippen molar-refractivity contribution in [1.29, 1.82) is 0 Å². The highest BCUT2D eigenvalue weighted by Gasteiger charge is 2.35. The molecular formula is C16H21BrN2O2. The van der Waals surface area contributed by atoms with Crippen LogP contribution in [0.1, 0.15) is 30.9 Å². The standard InChI is InChI=1S/C16H21BrN2O2/c17-13-6-2-1-4-11(13)15-10-19(8-9-21-15)16(20)12-5-3-7-14(12)18/h1-2,4,6,12,14-15H,3,5,7-10,18H2/t12-,14+,15+/m0/s1. The zero-order valence-corrected chi connectivity index (χ0v) is 13.6. The van der Waals surface area contributed by atoms with Crippen LogP contribution in [-0.2, 0) is 9.53 Å². The average molecular weight is 353 g/mol. The quantitative estimate of drug-likeness (QED) is 0.889. The van der Waals surface area contributed by atoms with Gasteiger partial charge in [0, 0.05) is 17.1 Å². The Labute approximate surface area is 133 Å². The van der Waals surface area contributed by atoms with Gasteiger partial charge in [-0.2, -0.15) is 0 Å². The van der Waals surface area contributed by atoms with Crippen LogP contribution in [0.15, 0.2) is 28.7 Å². The number of rotatable bonds is 2. The average Bonchev–Trinajstić information content (AvgIpc) is 2.93. The van der Waals surface area contributed by atoms with Gasteiger partial charge < -0.3 is 15.4 Å². The second-order valence-corrected chi connectivity index (χ2v) is 6.72. The fourth-order valence-corrected chi connectivity index (χ4v) is 3.84. The van der Waals surface area contributed by atoms with Crippen LogP contribution in [0.3, 0.4) is 0 Å². The van der Waals surface area contributed by atoms with E-state index < -0.39 is 0 Å². The predicted octanol–water partition coefficient (Wildman–Crippen LogP) is 2.48. The van der Waals surface area contributed by atoms with Crippen LogP contribution in [-0.4, -0.2) is 36.5 Å². The van der Waals surface area contributed by atoms with Gasteiger partial charge in [-0.3, -0.25) is 4.79 Å². The van der Waals surface area contributed by atoms with Crippen molar-refractivity contribution in [2.24, 2.45) is 11.7 Å². The van der Waals surface area contributed by atoms with Crippen molar-refractivity contribution in [2.45, 2.75) is 31.4 Å². The molecule has 2 aliphatic rings. The number of ether oxygens (including phenoxy) is 1. The van der Waals surface area contributed by atoms with Gasteiger partial charge in [0.05, 0.1) is 19.1 Å². The summed E-state index contributed by atoms with van der Waals surface area (Å²) in [6.07, 6.45) is 2.90. The second-order valence-electron chi connectivity index (χ2n) is 5.87. The molecule has 0 aromatic heterocycles. The number of benzene rings is 1. The predicted molar refractivity (Wildman–Crippen MR) is 84.7 cm³/mol. The molecule has 3 rings (SSSR count). The Kier molecular flexibility index (Phi) is 4.62. The largest absolute Gasteiger partial charge is 0.370 e. The molecule has 5 heteroatoms. The lowest BCUT2D eigenvalue weighted by molar-refractivity contribution is -0.143. The molecule has 3 atom stereocenters. The van der Waals surface area contributed by atoms with Crippen LogP contribution in [0.5, 0.6) is 0 Å². The lowest BCUT2D eigenvalue weighted by atomic mass is 10.0. The molecule has 1 aliphatic heterocycles. The number of hydrogen-bond acceptors (Lipinski definition) is 3. The Morgan fingerprint density at radius 1 is 1.33 bits per heavy atom. The summed E-state index contributed by atoms with van der Waals surface area (Å²) in [7, 11) is 0. The summed E-state index contributed by atoms with van der Waals surface area (Å²) >= 11 is 3.56. The number of carbonyl (C=O) groups is 1. The molecule has 1 amide bonds. The van der Waals surface area contributed by atoms with E-state index >= 15 is 0 Å². The summed E-state index contributed by atoms with van der Waals surface area (Å²) in [6, 6.07) is 8.06. The van der Waals surface area contributed by atoms with E-state index in [0.717, 1.165) is 29.3 Å². The van der Waals surface area contributed by atoms with Crippen LogP contribution in [0.4, 0.5) is 0 Å². The highest BCUT2D eigenvalue weighted by atomic mass is 79.9. The molecule has 0 bridgehead atoms. The maximum absolute atomic E-state index is 12.7. The zero-order valence-electron chi connectivity index (χ0n) is 12.0. The number of carbonyl (C=O) groups excluding carboxylic acids is 1. The number of amides is 1. The molecule has 2 N–H and O–H groups in total. The van der Waals surface area contributed by atoms with Crippen molar-refractivity contribution < 1.29 is 9.53 Å². The van der Waals surface area contributed by atoms with Crippen molar-refractivity contribution >= 4 is 21.8 Å². The minimum Gasteiger partial charge on any atom is -0.370 e. The smallest absolute Gasteiger partial charge is 0.227 e. The minimum absolute atomic E-state index is 0.00274. The lowest BCUT2D eigenvalue weighted by Crippen LogP contribution is -2.47. The van der Waals surface area contributed by atoms with Crippen molar-refractivity contribution in [2.75, 3.05) is 19.7 Å². The molecule has 2 fully saturated rings. The Morgan fingerprint density at radius 2 is 2.14 bits per heavy atom. The number of nitrogens with two attached hydrogens (primary N) is 1. The van der Waals surface area contributed by atoms with E-state index in [4.69, 9.17) is 10.5 Å². The first kappa shape index (κ1) is 15.0. The fraction of sp³-hybridized carbons (Fsp3) is 0.562. The van der Waals surface area contributed by atoms with Gasteiger partial charge in [0.2, 0.25) is 5.91 Å². The summed E-state index contributed by atoms with van der Waals surface area (Å²) in [4.78, 5) is 14.6. The molecule has 0 spiro atoms. The molecule has 1 saturated heterocycles. The lowest BCUT2D eigenvalue weighted by Gasteiger charge is -2.35. The van der Waals surface area contributed by atoms with E-state index in [9.17, 15) is 4.79 Å². The summed E-state index contributed by atoms with van der Waals surface area (Å²) in [5.74, 6) is 0.211. The summed E-state index contributed by atoms with van der Waals surface area (Å²) < 4.78 is 6.89. The van der Waals surface area contributed by atoms with Gasteiger partial charge in [-0.25, -0.2) is 0 Å². The Hall–Kier alpha value is -0.910. The highest BCUT2D eigenvalue weighted by molar-refractivity contribution is 9.10. The maximum Gasteiger partial charge on any atom is 0.227 e. The van der Waals surface area contributed by atoms with Gasteiger partial charge in [0.15, 0.2) is 0 Å². The van der Waals surface area contributed by atoms with Gasteiger partial charge in [-0.05, 0) is 24.5 Å². The van der Waals surface area contributed by atoms with E-state index in [2.05, 4.69) is 15.9 Å². The van der Waals surface area contributed by atoms with E-state index in [1.165, 1.54) is 0 Å². The molecule has 0 unspecified atom stereocenters. The Bertz CT molecular complexity index is 523. The minimum atomic E-state index is -0.0593. The molecule has 1 saturated carbocycles. The number of halogens is 1. The van der Waals surface area contributed by atoms with E-state index in [0.29, 0.717) is 19.7 Å². The first-order valence-electron chi connectivity index (χ1n) is 7.57.